The summed E-state index contributed by atoms with van der Waals surface area (Å²) in [6.45, 7) is 3.23. The van der Waals surface area contributed by atoms with E-state index in [0.717, 1.165) is 5.69 Å². The van der Waals surface area contributed by atoms with Crippen molar-refractivity contribution in [3.05, 3.63) is 80.6 Å². The number of carbonyl (C=O) groups is 2. The average Bonchev–Trinajstić information content (AvgIpc) is 3.19. The van der Waals surface area contributed by atoms with E-state index >= 15 is 0 Å². The Hall–Kier alpha value is -3.24. The van der Waals surface area contributed by atoms with Crippen molar-refractivity contribution in [2.24, 2.45) is 0 Å². The van der Waals surface area contributed by atoms with Crippen molar-refractivity contribution in [1.82, 2.24) is 19.6 Å². The van der Waals surface area contributed by atoms with Gasteiger partial charge in [0.05, 0.1) is 28.8 Å². The summed E-state index contributed by atoms with van der Waals surface area (Å²) in [6, 6.07) is 10.0. The smallest absolute Gasteiger partial charge is 0.406 e. The van der Waals surface area contributed by atoms with E-state index < -0.39 is 6.36 Å². The quantitative estimate of drug-likeness (QED) is 0.438. The second kappa shape index (κ2) is 9.57. The normalized spacial score (nSPS) is 17.5. The number of hydrogen-bond donors (Lipinski definition) is 0. The molecule has 2 aliphatic heterocycles. The van der Waals surface area contributed by atoms with Crippen LogP contribution in [0.3, 0.4) is 0 Å². The van der Waals surface area contributed by atoms with E-state index in [1.165, 1.54) is 30.3 Å². The Bertz CT molecular complexity index is 1370. The summed E-state index contributed by atoms with van der Waals surface area (Å²) >= 11 is 12.1. The molecule has 2 aromatic carbocycles. The lowest BCUT2D eigenvalue weighted by Crippen LogP contribution is -2.44. The lowest BCUT2D eigenvalue weighted by Gasteiger charge is -2.34. The standard InChI is InChI=1S/C25H21Cl2F3N4O3/c1-14-10-21-18(13-33(14)23(35)16-4-7-19(26)20(27)11-16)22-24(36)32(8-9-34(22)31-21)12-15-2-5-17(6-3-15)37-25(28,29)30/h2-7,11,14H,8-10,12-13H2,1H3/t14-/m1/s1. The summed E-state index contributed by atoms with van der Waals surface area (Å²) in [5, 5.41) is 5.28. The monoisotopic (exact) mass is 552 g/mol. The molecular weight excluding hydrogens is 532 g/mol. The van der Waals surface area contributed by atoms with Crippen molar-refractivity contribution < 1.29 is 27.5 Å². The third-order valence-corrected chi connectivity index (χ3v) is 7.25. The van der Waals surface area contributed by atoms with Gasteiger partial charge in [-0.3, -0.25) is 14.3 Å². The van der Waals surface area contributed by atoms with Gasteiger partial charge in [0.25, 0.3) is 11.8 Å². The number of aromatic nitrogens is 2. The molecule has 2 amide bonds. The van der Waals surface area contributed by atoms with Crippen LogP contribution in [0.5, 0.6) is 5.75 Å². The molecule has 0 N–H and O–H groups in total. The minimum Gasteiger partial charge on any atom is -0.406 e. The summed E-state index contributed by atoms with van der Waals surface area (Å²) in [5.41, 5.74) is 2.98. The fourth-order valence-corrected chi connectivity index (χ4v) is 5.00. The molecule has 3 heterocycles. The number of nitrogens with zero attached hydrogens (tertiary/aromatic N) is 4. The number of fused-ring (bicyclic) bond motifs is 3. The van der Waals surface area contributed by atoms with Crippen LogP contribution < -0.4 is 4.74 Å². The maximum atomic E-state index is 13.5. The zero-order valence-corrected chi connectivity index (χ0v) is 21.1. The number of halogens is 5. The van der Waals surface area contributed by atoms with Crippen LogP contribution in [-0.4, -0.2) is 50.3 Å². The maximum absolute atomic E-state index is 13.5. The summed E-state index contributed by atoms with van der Waals surface area (Å²) in [4.78, 5) is 30.1. The molecule has 0 aliphatic carbocycles. The first kappa shape index (κ1) is 25.4. The van der Waals surface area contributed by atoms with E-state index in [2.05, 4.69) is 9.84 Å². The van der Waals surface area contributed by atoms with Gasteiger partial charge in [-0.1, -0.05) is 35.3 Å². The second-order valence-electron chi connectivity index (χ2n) is 9.03. The fourth-order valence-electron chi connectivity index (χ4n) is 4.70. The molecule has 37 heavy (non-hydrogen) atoms. The number of hydrogen-bond acceptors (Lipinski definition) is 4. The van der Waals surface area contributed by atoms with Crippen molar-refractivity contribution >= 4 is 35.0 Å². The second-order valence-corrected chi connectivity index (χ2v) is 9.84. The van der Waals surface area contributed by atoms with E-state index in [9.17, 15) is 22.8 Å². The predicted octanol–water partition coefficient (Wildman–Crippen LogP) is 5.33. The van der Waals surface area contributed by atoms with Gasteiger partial charge in [0.15, 0.2) is 0 Å². The van der Waals surface area contributed by atoms with Gasteiger partial charge in [-0.25, -0.2) is 0 Å². The molecule has 0 saturated heterocycles. The first-order valence-electron chi connectivity index (χ1n) is 11.5. The summed E-state index contributed by atoms with van der Waals surface area (Å²) in [5.74, 6) is -0.792. The van der Waals surface area contributed by atoms with E-state index in [4.69, 9.17) is 23.2 Å². The van der Waals surface area contributed by atoms with Crippen molar-refractivity contribution in [2.45, 2.75) is 45.4 Å². The van der Waals surface area contributed by atoms with Crippen LogP contribution in [0.4, 0.5) is 13.2 Å². The molecule has 0 saturated carbocycles. The topological polar surface area (TPSA) is 67.7 Å². The van der Waals surface area contributed by atoms with Crippen LogP contribution in [0.2, 0.25) is 10.0 Å². The van der Waals surface area contributed by atoms with E-state index in [1.54, 1.807) is 26.6 Å². The average molecular weight is 553 g/mol. The predicted molar refractivity (Wildman–Crippen MR) is 130 cm³/mol. The van der Waals surface area contributed by atoms with E-state index in [-0.39, 0.29) is 41.7 Å². The molecule has 2 aliphatic rings. The third-order valence-electron chi connectivity index (χ3n) is 6.51. The molecule has 1 atom stereocenters. The first-order chi connectivity index (χ1) is 17.5. The number of benzene rings is 2. The van der Waals surface area contributed by atoms with Gasteiger partial charge >= 0.3 is 6.36 Å². The van der Waals surface area contributed by atoms with Crippen molar-refractivity contribution in [3.8, 4) is 5.75 Å². The van der Waals surface area contributed by atoms with Gasteiger partial charge in [-0.2, -0.15) is 5.10 Å². The molecule has 0 radical (unpaired) electrons. The summed E-state index contributed by atoms with van der Waals surface area (Å²) in [7, 11) is 0. The van der Waals surface area contributed by atoms with Gasteiger partial charge in [0, 0.05) is 36.7 Å². The molecule has 1 aromatic heterocycles. The molecule has 0 fully saturated rings. The van der Waals surface area contributed by atoms with Gasteiger partial charge in [0.2, 0.25) is 0 Å². The maximum Gasteiger partial charge on any atom is 0.573 e. The van der Waals surface area contributed by atoms with Gasteiger partial charge in [0.1, 0.15) is 11.4 Å². The number of ether oxygens (including phenoxy) is 1. The number of carbonyl (C=O) groups excluding carboxylic acids is 2. The molecule has 12 heteroatoms. The SMILES string of the molecule is C[C@@H]1Cc2nn3c(c2CN1C(=O)c1ccc(Cl)c(Cl)c1)C(=O)N(Cc1ccc(OC(F)(F)F)cc1)CC3. The Morgan fingerprint density at radius 1 is 1.11 bits per heavy atom. The Morgan fingerprint density at radius 3 is 2.51 bits per heavy atom. The molecule has 3 aromatic rings. The lowest BCUT2D eigenvalue weighted by molar-refractivity contribution is -0.274. The van der Waals surface area contributed by atoms with Crippen molar-refractivity contribution in [2.75, 3.05) is 6.54 Å². The van der Waals surface area contributed by atoms with Crippen LogP contribution in [0.25, 0.3) is 0 Å². The summed E-state index contributed by atoms with van der Waals surface area (Å²) in [6.07, 6.45) is -4.27. The van der Waals surface area contributed by atoms with Crippen molar-refractivity contribution in [1.29, 1.82) is 0 Å². The molecule has 5 rings (SSSR count). The Balaban J connectivity index is 1.35. The van der Waals surface area contributed by atoms with E-state index in [1.807, 2.05) is 6.92 Å². The summed E-state index contributed by atoms with van der Waals surface area (Å²) < 4.78 is 42.9. The Kier molecular flexibility index (Phi) is 6.57. The van der Waals surface area contributed by atoms with Crippen LogP contribution in [0.1, 0.15) is 44.6 Å². The van der Waals surface area contributed by atoms with Crippen LogP contribution in [0, 0.1) is 0 Å². The molecule has 0 bridgehead atoms. The number of rotatable bonds is 4. The van der Waals surface area contributed by atoms with E-state index in [0.29, 0.717) is 46.9 Å². The Morgan fingerprint density at radius 2 is 1.84 bits per heavy atom. The zero-order valence-electron chi connectivity index (χ0n) is 19.6. The third kappa shape index (κ3) is 5.13. The largest absolute Gasteiger partial charge is 0.573 e. The molecule has 0 unspecified atom stereocenters. The number of amides is 2. The van der Waals surface area contributed by atoms with Gasteiger partial charge in [-0.05, 0) is 42.8 Å². The first-order valence-corrected chi connectivity index (χ1v) is 12.2. The van der Waals surface area contributed by atoms with Crippen LogP contribution >= 0.6 is 23.2 Å². The minimum atomic E-state index is -4.77. The molecule has 194 valence electrons. The minimum absolute atomic E-state index is 0.143. The molecule has 0 spiro atoms. The van der Waals surface area contributed by atoms with Gasteiger partial charge < -0.3 is 14.5 Å². The highest BCUT2D eigenvalue weighted by molar-refractivity contribution is 6.42. The fraction of sp³-hybridized carbons (Fsp3) is 0.320. The van der Waals surface area contributed by atoms with Crippen molar-refractivity contribution in [3.63, 3.8) is 0 Å². The van der Waals surface area contributed by atoms with Crippen LogP contribution in [-0.2, 0) is 26.1 Å². The Labute approximate surface area is 220 Å². The highest BCUT2D eigenvalue weighted by Crippen LogP contribution is 2.31. The lowest BCUT2D eigenvalue weighted by atomic mass is 9.97. The highest BCUT2D eigenvalue weighted by Gasteiger charge is 2.37. The zero-order chi connectivity index (χ0) is 26.5. The highest BCUT2D eigenvalue weighted by atomic mass is 35.5. The molecule has 7 nitrogen and oxygen atoms in total. The van der Waals surface area contributed by atoms with Crippen LogP contribution in [0.15, 0.2) is 42.5 Å². The van der Waals surface area contributed by atoms with Gasteiger partial charge in [-0.15, -0.1) is 13.2 Å². The molecular formula is C25H21Cl2F3N4O3. The number of alkyl halides is 3.